The molecule has 28 heavy (non-hydrogen) atoms. The van der Waals surface area contributed by atoms with Crippen LogP contribution in [-0.4, -0.2) is 42.0 Å². The van der Waals surface area contributed by atoms with Gasteiger partial charge in [-0.2, -0.15) is 0 Å². The summed E-state index contributed by atoms with van der Waals surface area (Å²) < 4.78 is 13.1. The molecule has 0 N–H and O–H groups in total. The molecule has 0 saturated carbocycles. The highest BCUT2D eigenvalue weighted by molar-refractivity contribution is 7.14. The van der Waals surface area contributed by atoms with Crippen LogP contribution in [0.25, 0.3) is 11.3 Å². The number of carbonyl (C=O) groups is 1. The summed E-state index contributed by atoms with van der Waals surface area (Å²) in [4.78, 5) is 21.7. The lowest BCUT2D eigenvalue weighted by Crippen LogP contribution is -2.35. The second-order valence-electron chi connectivity index (χ2n) is 7.02. The summed E-state index contributed by atoms with van der Waals surface area (Å²) in [5.74, 6) is -0.151. The first-order valence-corrected chi connectivity index (χ1v) is 10.3. The first-order chi connectivity index (χ1) is 13.6. The molecule has 0 atom stereocenters. The zero-order valence-corrected chi connectivity index (χ0v) is 16.6. The SMILES string of the molecule is Cc1cccc(C(=O)N2CCCN(c3nc(-c4ccc(F)cc4)cs3)CC2)c1. The van der Waals surface area contributed by atoms with Gasteiger partial charge in [0, 0.05) is 42.7 Å². The van der Waals surface area contributed by atoms with Crippen molar-refractivity contribution in [2.24, 2.45) is 0 Å². The number of aromatic nitrogens is 1. The average molecular weight is 396 g/mol. The van der Waals surface area contributed by atoms with Gasteiger partial charge in [-0.15, -0.1) is 11.3 Å². The number of thiazole rings is 1. The molecule has 1 aliphatic rings. The first-order valence-electron chi connectivity index (χ1n) is 9.42. The maximum atomic E-state index is 13.1. The molecule has 1 amide bonds. The lowest BCUT2D eigenvalue weighted by atomic mass is 10.1. The van der Waals surface area contributed by atoms with Gasteiger partial charge in [0.2, 0.25) is 0 Å². The van der Waals surface area contributed by atoms with Crippen LogP contribution < -0.4 is 4.90 Å². The Kier molecular flexibility index (Phi) is 5.39. The molecule has 1 saturated heterocycles. The number of aryl methyl sites for hydroxylation is 1. The minimum atomic E-state index is -0.245. The van der Waals surface area contributed by atoms with Crippen molar-refractivity contribution in [3.8, 4) is 11.3 Å². The van der Waals surface area contributed by atoms with Gasteiger partial charge in [-0.05, 0) is 49.7 Å². The third-order valence-electron chi connectivity index (χ3n) is 4.95. The highest BCUT2D eigenvalue weighted by Gasteiger charge is 2.22. The maximum absolute atomic E-state index is 13.1. The van der Waals surface area contributed by atoms with Crippen LogP contribution in [0.1, 0.15) is 22.3 Å². The predicted molar refractivity (Wildman–Crippen MR) is 111 cm³/mol. The van der Waals surface area contributed by atoms with Gasteiger partial charge < -0.3 is 9.80 Å². The Hall–Kier alpha value is -2.73. The van der Waals surface area contributed by atoms with E-state index in [1.807, 2.05) is 41.5 Å². The zero-order chi connectivity index (χ0) is 19.5. The second-order valence-corrected chi connectivity index (χ2v) is 7.86. The van der Waals surface area contributed by atoms with Crippen molar-refractivity contribution in [2.45, 2.75) is 13.3 Å². The third kappa shape index (κ3) is 4.07. The molecule has 0 aliphatic carbocycles. The number of nitrogens with zero attached hydrogens (tertiary/aromatic N) is 3. The highest BCUT2D eigenvalue weighted by Crippen LogP contribution is 2.28. The van der Waals surface area contributed by atoms with Crippen molar-refractivity contribution in [1.82, 2.24) is 9.88 Å². The molecule has 1 aromatic heterocycles. The monoisotopic (exact) mass is 395 g/mol. The fourth-order valence-corrected chi connectivity index (χ4v) is 4.32. The van der Waals surface area contributed by atoms with E-state index in [2.05, 4.69) is 4.90 Å². The summed E-state index contributed by atoms with van der Waals surface area (Å²) in [6.45, 7) is 5.06. The number of anilines is 1. The van der Waals surface area contributed by atoms with Gasteiger partial charge in [-0.3, -0.25) is 4.79 Å². The summed E-state index contributed by atoms with van der Waals surface area (Å²) in [7, 11) is 0. The first kappa shape index (κ1) is 18.6. The normalized spacial score (nSPS) is 14.8. The van der Waals surface area contributed by atoms with Gasteiger partial charge in [-0.25, -0.2) is 9.37 Å². The molecule has 2 heterocycles. The van der Waals surface area contributed by atoms with E-state index < -0.39 is 0 Å². The Balaban J connectivity index is 1.44. The number of rotatable bonds is 3. The van der Waals surface area contributed by atoms with E-state index in [4.69, 9.17) is 4.98 Å². The van der Waals surface area contributed by atoms with Crippen molar-refractivity contribution < 1.29 is 9.18 Å². The smallest absolute Gasteiger partial charge is 0.253 e. The van der Waals surface area contributed by atoms with E-state index in [0.717, 1.165) is 53.6 Å². The van der Waals surface area contributed by atoms with Gasteiger partial charge in [-0.1, -0.05) is 17.7 Å². The lowest BCUT2D eigenvalue weighted by molar-refractivity contribution is 0.0767. The summed E-state index contributed by atoms with van der Waals surface area (Å²) in [6.07, 6.45) is 0.906. The van der Waals surface area contributed by atoms with Crippen LogP contribution in [0, 0.1) is 12.7 Å². The third-order valence-corrected chi connectivity index (χ3v) is 5.85. The Morgan fingerprint density at radius 1 is 1.07 bits per heavy atom. The van der Waals surface area contributed by atoms with Crippen LogP contribution >= 0.6 is 11.3 Å². The van der Waals surface area contributed by atoms with Crippen molar-refractivity contribution >= 4 is 22.4 Å². The molecule has 0 unspecified atom stereocenters. The number of amides is 1. The molecule has 1 aliphatic heterocycles. The summed E-state index contributed by atoms with van der Waals surface area (Å²) in [5, 5.41) is 2.95. The van der Waals surface area contributed by atoms with Crippen LogP contribution in [0.2, 0.25) is 0 Å². The Labute approximate surface area is 168 Å². The Morgan fingerprint density at radius 2 is 1.89 bits per heavy atom. The van der Waals surface area contributed by atoms with E-state index >= 15 is 0 Å². The molecule has 0 bridgehead atoms. The van der Waals surface area contributed by atoms with Crippen LogP contribution in [0.4, 0.5) is 9.52 Å². The number of hydrogen-bond acceptors (Lipinski definition) is 4. The molecule has 4 rings (SSSR count). The Bertz CT molecular complexity index is 970. The van der Waals surface area contributed by atoms with Crippen molar-refractivity contribution in [1.29, 1.82) is 0 Å². The number of hydrogen-bond donors (Lipinski definition) is 0. The maximum Gasteiger partial charge on any atom is 0.253 e. The number of benzene rings is 2. The van der Waals surface area contributed by atoms with Crippen molar-refractivity contribution in [2.75, 3.05) is 31.1 Å². The van der Waals surface area contributed by atoms with E-state index in [1.54, 1.807) is 23.5 Å². The van der Waals surface area contributed by atoms with Crippen LogP contribution in [0.5, 0.6) is 0 Å². The topological polar surface area (TPSA) is 36.4 Å². The van der Waals surface area contributed by atoms with E-state index in [9.17, 15) is 9.18 Å². The van der Waals surface area contributed by atoms with E-state index in [-0.39, 0.29) is 11.7 Å². The summed E-state index contributed by atoms with van der Waals surface area (Å²) >= 11 is 1.59. The number of halogens is 1. The van der Waals surface area contributed by atoms with E-state index in [1.165, 1.54) is 12.1 Å². The predicted octanol–water partition coefficient (Wildman–Crippen LogP) is 4.61. The van der Waals surface area contributed by atoms with Crippen molar-refractivity contribution in [3.05, 3.63) is 70.9 Å². The van der Waals surface area contributed by atoms with Crippen LogP contribution in [-0.2, 0) is 0 Å². The molecule has 6 heteroatoms. The quantitative estimate of drug-likeness (QED) is 0.650. The number of carbonyl (C=O) groups excluding carboxylic acids is 1. The molecule has 2 aromatic carbocycles. The Morgan fingerprint density at radius 3 is 2.68 bits per heavy atom. The minimum absolute atomic E-state index is 0.0942. The zero-order valence-electron chi connectivity index (χ0n) is 15.8. The molecular weight excluding hydrogens is 373 g/mol. The summed E-state index contributed by atoms with van der Waals surface area (Å²) in [5.41, 5.74) is 3.62. The van der Waals surface area contributed by atoms with Crippen LogP contribution in [0.3, 0.4) is 0 Å². The molecule has 4 nitrogen and oxygen atoms in total. The van der Waals surface area contributed by atoms with Gasteiger partial charge in [0.05, 0.1) is 5.69 Å². The second kappa shape index (κ2) is 8.10. The molecule has 3 aromatic rings. The minimum Gasteiger partial charge on any atom is -0.346 e. The highest BCUT2D eigenvalue weighted by atomic mass is 32.1. The molecule has 0 radical (unpaired) electrons. The molecule has 144 valence electrons. The van der Waals surface area contributed by atoms with Crippen molar-refractivity contribution in [3.63, 3.8) is 0 Å². The molecule has 0 spiro atoms. The summed E-state index contributed by atoms with van der Waals surface area (Å²) in [6, 6.07) is 14.2. The van der Waals surface area contributed by atoms with Gasteiger partial charge >= 0.3 is 0 Å². The molecule has 1 fully saturated rings. The fraction of sp³-hybridized carbons (Fsp3) is 0.273. The largest absolute Gasteiger partial charge is 0.346 e. The van der Waals surface area contributed by atoms with Crippen LogP contribution in [0.15, 0.2) is 53.9 Å². The van der Waals surface area contributed by atoms with Gasteiger partial charge in [0.1, 0.15) is 5.82 Å². The average Bonchev–Trinajstić information content (AvgIpc) is 3.06. The fourth-order valence-electron chi connectivity index (χ4n) is 3.44. The van der Waals surface area contributed by atoms with E-state index in [0.29, 0.717) is 6.54 Å². The lowest BCUT2D eigenvalue weighted by Gasteiger charge is -2.22. The standard InChI is InChI=1S/C22H22FN3OS/c1-16-4-2-5-18(14-16)21(27)25-10-3-11-26(13-12-25)22-24-20(15-28-22)17-6-8-19(23)9-7-17/h2,4-9,14-15H,3,10-13H2,1H3. The van der Waals surface area contributed by atoms with Gasteiger partial charge in [0.15, 0.2) is 5.13 Å². The van der Waals surface area contributed by atoms with Gasteiger partial charge in [0.25, 0.3) is 5.91 Å². The molecular formula is C22H22FN3OS.